The summed E-state index contributed by atoms with van der Waals surface area (Å²) in [5.74, 6) is -0.262. The third-order valence-corrected chi connectivity index (χ3v) is 4.36. The molecule has 1 aromatic rings. The van der Waals surface area contributed by atoms with Gasteiger partial charge in [0.2, 0.25) is 5.91 Å². The average Bonchev–Trinajstić information content (AvgIpc) is 2.29. The van der Waals surface area contributed by atoms with E-state index in [1.54, 1.807) is 19.1 Å². The minimum atomic E-state index is -1.52. The number of rotatable bonds is 4. The molecule has 0 aliphatic rings. The Morgan fingerprint density at radius 1 is 1.39 bits per heavy atom. The highest BCUT2D eigenvalue weighted by Crippen LogP contribution is 2.24. The highest BCUT2D eigenvalue weighted by atomic mass is 35.5. The van der Waals surface area contributed by atoms with Gasteiger partial charge < -0.3 is 11.1 Å². The lowest BCUT2D eigenvalue weighted by Crippen LogP contribution is -2.39. The first-order valence-electron chi connectivity index (χ1n) is 5.59. The van der Waals surface area contributed by atoms with Crippen LogP contribution in [-0.2, 0) is 15.6 Å². The zero-order valence-electron chi connectivity index (χ0n) is 10.6. The number of anilines is 1. The molecular weight excluding hydrogens is 272 g/mol. The standard InChI is InChI=1S/C12H17ClN2O2S/c1-7(2)15-12(16)8(3)18(17)11-6-9(14)4-5-10(11)13/h4-8H,14H2,1-3H3,(H,15,16). The van der Waals surface area contributed by atoms with Crippen LogP contribution < -0.4 is 11.1 Å². The molecule has 0 saturated heterocycles. The van der Waals surface area contributed by atoms with Gasteiger partial charge in [0, 0.05) is 11.7 Å². The summed E-state index contributed by atoms with van der Waals surface area (Å²) < 4.78 is 12.3. The summed E-state index contributed by atoms with van der Waals surface area (Å²) >= 11 is 5.97. The van der Waals surface area contributed by atoms with Crippen molar-refractivity contribution in [1.82, 2.24) is 5.32 Å². The van der Waals surface area contributed by atoms with Gasteiger partial charge in [0.15, 0.2) is 0 Å². The Hall–Kier alpha value is -1.07. The van der Waals surface area contributed by atoms with Crippen molar-refractivity contribution in [2.45, 2.75) is 37.0 Å². The van der Waals surface area contributed by atoms with Crippen molar-refractivity contribution in [3.05, 3.63) is 23.2 Å². The monoisotopic (exact) mass is 288 g/mol. The summed E-state index contributed by atoms with van der Waals surface area (Å²) in [5.41, 5.74) is 6.10. The Morgan fingerprint density at radius 2 is 2.00 bits per heavy atom. The largest absolute Gasteiger partial charge is 0.399 e. The average molecular weight is 289 g/mol. The highest BCUT2D eigenvalue weighted by molar-refractivity contribution is 7.86. The van der Waals surface area contributed by atoms with Crippen LogP contribution in [0.5, 0.6) is 0 Å². The van der Waals surface area contributed by atoms with Crippen LogP contribution >= 0.6 is 11.6 Å². The molecule has 4 nitrogen and oxygen atoms in total. The predicted octanol–water partition coefficient (Wildman–Crippen LogP) is 1.94. The minimum absolute atomic E-state index is 0.00765. The summed E-state index contributed by atoms with van der Waals surface area (Å²) in [6, 6.07) is 4.75. The van der Waals surface area contributed by atoms with Crippen molar-refractivity contribution >= 4 is 34.0 Å². The van der Waals surface area contributed by atoms with Gasteiger partial charge >= 0.3 is 0 Å². The second-order valence-corrected chi connectivity index (χ2v) is 6.44. The molecule has 18 heavy (non-hydrogen) atoms. The van der Waals surface area contributed by atoms with Gasteiger partial charge in [0.1, 0.15) is 5.25 Å². The smallest absolute Gasteiger partial charge is 0.236 e. The van der Waals surface area contributed by atoms with Gasteiger partial charge in [-0.1, -0.05) is 11.6 Å². The summed E-state index contributed by atoms with van der Waals surface area (Å²) in [7, 11) is -1.52. The molecule has 0 fully saturated rings. The number of nitrogen functional groups attached to an aromatic ring is 1. The zero-order valence-corrected chi connectivity index (χ0v) is 12.1. The molecule has 100 valence electrons. The van der Waals surface area contributed by atoms with Crippen LogP contribution in [0.15, 0.2) is 23.1 Å². The van der Waals surface area contributed by atoms with E-state index in [0.29, 0.717) is 15.6 Å². The van der Waals surface area contributed by atoms with Crippen LogP contribution in [0.4, 0.5) is 5.69 Å². The number of benzene rings is 1. The molecule has 0 bridgehead atoms. The maximum atomic E-state index is 12.3. The molecular formula is C12H17ClN2O2S. The SMILES string of the molecule is CC(C)NC(=O)C(C)S(=O)c1cc(N)ccc1Cl. The minimum Gasteiger partial charge on any atom is -0.399 e. The van der Waals surface area contributed by atoms with Gasteiger partial charge in [-0.3, -0.25) is 9.00 Å². The van der Waals surface area contributed by atoms with Crippen molar-refractivity contribution < 1.29 is 9.00 Å². The number of carbonyl (C=O) groups is 1. The molecule has 2 atom stereocenters. The summed E-state index contributed by atoms with van der Waals surface area (Å²) in [6.45, 7) is 5.30. The number of hydrogen-bond donors (Lipinski definition) is 2. The molecule has 1 aromatic carbocycles. The first-order valence-corrected chi connectivity index (χ1v) is 7.18. The molecule has 0 saturated carbocycles. The number of hydrogen-bond acceptors (Lipinski definition) is 3. The molecule has 1 amide bonds. The number of nitrogens with two attached hydrogens (primary N) is 1. The highest BCUT2D eigenvalue weighted by Gasteiger charge is 2.23. The molecule has 1 rings (SSSR count). The fourth-order valence-corrected chi connectivity index (χ4v) is 2.87. The Kier molecular flexibility index (Phi) is 5.16. The van der Waals surface area contributed by atoms with Crippen molar-refractivity contribution in [2.24, 2.45) is 0 Å². The van der Waals surface area contributed by atoms with E-state index in [9.17, 15) is 9.00 Å². The molecule has 3 N–H and O–H groups in total. The molecule has 0 radical (unpaired) electrons. The first kappa shape index (κ1) is 15.0. The van der Waals surface area contributed by atoms with Gasteiger partial charge in [0.05, 0.1) is 20.7 Å². The topological polar surface area (TPSA) is 72.2 Å². The summed E-state index contributed by atoms with van der Waals surface area (Å²) in [4.78, 5) is 12.2. The molecule has 0 spiro atoms. The van der Waals surface area contributed by atoms with Crippen LogP contribution in [-0.4, -0.2) is 21.4 Å². The van der Waals surface area contributed by atoms with E-state index in [1.807, 2.05) is 13.8 Å². The van der Waals surface area contributed by atoms with Crippen molar-refractivity contribution in [3.8, 4) is 0 Å². The molecule has 0 aromatic heterocycles. The van der Waals surface area contributed by atoms with Gasteiger partial charge in [0.25, 0.3) is 0 Å². The number of amides is 1. The van der Waals surface area contributed by atoms with E-state index >= 15 is 0 Å². The lowest BCUT2D eigenvalue weighted by molar-refractivity contribution is -0.120. The molecule has 0 aliphatic carbocycles. The lowest BCUT2D eigenvalue weighted by Gasteiger charge is -2.15. The molecule has 6 heteroatoms. The maximum Gasteiger partial charge on any atom is 0.236 e. The summed E-state index contributed by atoms with van der Waals surface area (Å²) in [6.07, 6.45) is 0. The summed E-state index contributed by atoms with van der Waals surface area (Å²) in [5, 5.41) is 2.40. The van der Waals surface area contributed by atoms with Gasteiger partial charge in [-0.15, -0.1) is 0 Å². The Labute approximate surface area is 114 Å². The number of nitrogens with one attached hydrogen (secondary N) is 1. The van der Waals surface area contributed by atoms with E-state index in [-0.39, 0.29) is 11.9 Å². The van der Waals surface area contributed by atoms with Crippen LogP contribution in [0.2, 0.25) is 5.02 Å². The van der Waals surface area contributed by atoms with E-state index in [4.69, 9.17) is 17.3 Å². The van der Waals surface area contributed by atoms with Crippen LogP contribution in [0, 0.1) is 0 Å². The third-order valence-electron chi connectivity index (χ3n) is 2.29. The zero-order chi connectivity index (χ0) is 13.9. The van der Waals surface area contributed by atoms with Gasteiger partial charge in [-0.25, -0.2) is 0 Å². The first-order chi connectivity index (χ1) is 8.32. The maximum absolute atomic E-state index is 12.3. The van der Waals surface area contributed by atoms with Crippen molar-refractivity contribution in [2.75, 3.05) is 5.73 Å². The number of carbonyl (C=O) groups excluding carboxylic acids is 1. The van der Waals surface area contributed by atoms with Crippen LogP contribution in [0.25, 0.3) is 0 Å². The Balaban J connectivity index is 2.93. The van der Waals surface area contributed by atoms with Gasteiger partial charge in [-0.2, -0.15) is 0 Å². The van der Waals surface area contributed by atoms with E-state index in [2.05, 4.69) is 5.32 Å². The fourth-order valence-electron chi connectivity index (χ4n) is 1.36. The second kappa shape index (κ2) is 6.20. The van der Waals surface area contributed by atoms with E-state index in [0.717, 1.165) is 0 Å². The quantitative estimate of drug-likeness (QED) is 0.832. The van der Waals surface area contributed by atoms with E-state index < -0.39 is 16.0 Å². The molecule has 0 aliphatic heterocycles. The molecule has 2 unspecified atom stereocenters. The lowest BCUT2D eigenvalue weighted by atomic mass is 10.3. The normalized spacial score (nSPS) is 14.3. The Bertz CT molecular complexity index is 477. The van der Waals surface area contributed by atoms with E-state index in [1.165, 1.54) is 6.07 Å². The van der Waals surface area contributed by atoms with Gasteiger partial charge in [-0.05, 0) is 39.0 Å². The predicted molar refractivity (Wildman–Crippen MR) is 75.0 cm³/mol. The van der Waals surface area contributed by atoms with Crippen LogP contribution in [0.3, 0.4) is 0 Å². The fraction of sp³-hybridized carbons (Fsp3) is 0.417. The molecule has 0 heterocycles. The third kappa shape index (κ3) is 3.71. The second-order valence-electron chi connectivity index (χ2n) is 4.29. The Morgan fingerprint density at radius 3 is 2.56 bits per heavy atom. The van der Waals surface area contributed by atoms with Crippen molar-refractivity contribution in [1.29, 1.82) is 0 Å². The van der Waals surface area contributed by atoms with Crippen molar-refractivity contribution in [3.63, 3.8) is 0 Å². The van der Waals surface area contributed by atoms with Crippen LogP contribution in [0.1, 0.15) is 20.8 Å². The number of halogens is 1.